The summed E-state index contributed by atoms with van der Waals surface area (Å²) in [6.45, 7) is 4.16. The fraction of sp³-hybridized carbons (Fsp3) is 0.462. The van der Waals surface area contributed by atoms with Crippen molar-refractivity contribution in [1.29, 1.82) is 0 Å². The number of nitrogens with one attached hydrogen (secondary N) is 1. The molecule has 2 rings (SSSR count). The Kier molecular flexibility index (Phi) is 4.16. The molecular formula is C13H20N4S. The predicted octanol–water partition coefficient (Wildman–Crippen LogP) is 1.72. The largest absolute Gasteiger partial charge is 0.272 e. The molecule has 0 aromatic carbocycles. The van der Waals surface area contributed by atoms with E-state index in [0.717, 1.165) is 18.5 Å². The zero-order valence-electron chi connectivity index (χ0n) is 11.1. The highest BCUT2D eigenvalue weighted by molar-refractivity contribution is 7.09. The third-order valence-corrected chi connectivity index (χ3v) is 4.27. The molecule has 0 spiro atoms. The summed E-state index contributed by atoms with van der Waals surface area (Å²) in [5.74, 6) is 5.67. The van der Waals surface area contributed by atoms with Crippen molar-refractivity contribution in [3.8, 4) is 0 Å². The molecule has 0 bridgehead atoms. The Labute approximate surface area is 112 Å². The lowest BCUT2D eigenvalue weighted by atomic mass is 10.0. The first-order valence-corrected chi connectivity index (χ1v) is 6.97. The van der Waals surface area contributed by atoms with E-state index in [-0.39, 0.29) is 6.04 Å². The van der Waals surface area contributed by atoms with Gasteiger partial charge in [-0.05, 0) is 43.7 Å². The second-order valence-corrected chi connectivity index (χ2v) is 5.66. The Balaban J connectivity index is 2.10. The minimum absolute atomic E-state index is 0.255. The summed E-state index contributed by atoms with van der Waals surface area (Å²) < 4.78 is 1.93. The molecule has 0 aliphatic carbocycles. The van der Waals surface area contributed by atoms with Crippen molar-refractivity contribution in [2.75, 3.05) is 0 Å². The molecular weight excluding hydrogens is 244 g/mol. The van der Waals surface area contributed by atoms with Gasteiger partial charge in [0.15, 0.2) is 0 Å². The van der Waals surface area contributed by atoms with Gasteiger partial charge in [-0.1, -0.05) is 6.07 Å². The van der Waals surface area contributed by atoms with Gasteiger partial charge in [0.25, 0.3) is 0 Å². The first kappa shape index (κ1) is 13.3. The molecule has 2 aromatic rings. The highest BCUT2D eigenvalue weighted by atomic mass is 32.1. The number of thiophene rings is 1. The molecule has 18 heavy (non-hydrogen) atoms. The quantitative estimate of drug-likeness (QED) is 0.638. The Bertz CT molecular complexity index is 501. The maximum Gasteiger partial charge on any atom is 0.0628 e. The van der Waals surface area contributed by atoms with Crippen molar-refractivity contribution in [3.63, 3.8) is 0 Å². The number of hydrogen-bond donors (Lipinski definition) is 2. The highest BCUT2D eigenvalue weighted by Gasteiger charge is 2.15. The van der Waals surface area contributed by atoms with Gasteiger partial charge in [0, 0.05) is 23.7 Å². The van der Waals surface area contributed by atoms with Crippen LogP contribution in [0.5, 0.6) is 0 Å². The predicted molar refractivity (Wildman–Crippen MR) is 75.5 cm³/mol. The minimum Gasteiger partial charge on any atom is -0.272 e. The molecule has 0 fully saturated rings. The van der Waals surface area contributed by atoms with Crippen LogP contribution in [0.15, 0.2) is 17.5 Å². The lowest BCUT2D eigenvalue weighted by molar-refractivity contribution is 0.523. The van der Waals surface area contributed by atoms with E-state index in [0.29, 0.717) is 0 Å². The molecule has 5 heteroatoms. The topological polar surface area (TPSA) is 55.9 Å². The van der Waals surface area contributed by atoms with Gasteiger partial charge >= 0.3 is 0 Å². The molecule has 3 N–H and O–H groups in total. The van der Waals surface area contributed by atoms with Crippen LogP contribution >= 0.6 is 11.3 Å². The molecule has 0 radical (unpaired) electrons. The van der Waals surface area contributed by atoms with Crippen LogP contribution in [0.2, 0.25) is 0 Å². The van der Waals surface area contributed by atoms with Crippen molar-refractivity contribution in [2.45, 2.75) is 32.7 Å². The lowest BCUT2D eigenvalue weighted by Gasteiger charge is -2.15. The number of rotatable bonds is 5. The average Bonchev–Trinajstić information content (AvgIpc) is 2.92. The zero-order chi connectivity index (χ0) is 13.1. The van der Waals surface area contributed by atoms with E-state index in [1.807, 2.05) is 11.7 Å². The molecule has 0 amide bonds. The number of nitrogens with zero attached hydrogens (tertiary/aromatic N) is 2. The second-order valence-electron chi connectivity index (χ2n) is 4.62. The first-order valence-electron chi connectivity index (χ1n) is 6.09. The third-order valence-electron chi connectivity index (χ3n) is 3.37. The fourth-order valence-corrected chi connectivity index (χ4v) is 3.01. The summed E-state index contributed by atoms with van der Waals surface area (Å²) in [6.07, 6.45) is 1.88. The lowest BCUT2D eigenvalue weighted by Crippen LogP contribution is -2.38. The van der Waals surface area contributed by atoms with Gasteiger partial charge in [0.2, 0.25) is 0 Å². The molecule has 2 aromatic heterocycles. The van der Waals surface area contributed by atoms with Gasteiger partial charge in [-0.2, -0.15) is 5.10 Å². The zero-order valence-corrected chi connectivity index (χ0v) is 11.9. The summed E-state index contributed by atoms with van der Waals surface area (Å²) in [6, 6.07) is 4.48. The van der Waals surface area contributed by atoms with E-state index in [2.05, 4.69) is 41.9 Å². The highest BCUT2D eigenvalue weighted by Crippen LogP contribution is 2.17. The summed E-state index contributed by atoms with van der Waals surface area (Å²) in [7, 11) is 1.98. The average molecular weight is 264 g/mol. The van der Waals surface area contributed by atoms with E-state index < -0.39 is 0 Å². The van der Waals surface area contributed by atoms with Crippen LogP contribution in [-0.2, 0) is 19.9 Å². The number of hydrazine groups is 1. The number of hydrogen-bond acceptors (Lipinski definition) is 4. The standard InChI is InChI=1S/C13H20N4S/c1-9-13(10(2)17(3)16-9)8-11(15-14)7-12-5-4-6-18-12/h4-6,11,15H,7-8,14H2,1-3H3. The van der Waals surface area contributed by atoms with E-state index in [1.54, 1.807) is 11.3 Å². The minimum atomic E-state index is 0.255. The molecule has 0 aliphatic heterocycles. The van der Waals surface area contributed by atoms with Gasteiger partial charge in [0.1, 0.15) is 0 Å². The van der Waals surface area contributed by atoms with E-state index >= 15 is 0 Å². The summed E-state index contributed by atoms with van der Waals surface area (Å²) in [5, 5.41) is 6.55. The summed E-state index contributed by atoms with van der Waals surface area (Å²) >= 11 is 1.77. The SMILES string of the molecule is Cc1nn(C)c(C)c1CC(Cc1cccs1)NN. The van der Waals surface area contributed by atoms with E-state index in [4.69, 9.17) is 5.84 Å². The second kappa shape index (κ2) is 5.65. The molecule has 4 nitrogen and oxygen atoms in total. The van der Waals surface area contributed by atoms with Crippen LogP contribution in [-0.4, -0.2) is 15.8 Å². The van der Waals surface area contributed by atoms with Crippen molar-refractivity contribution in [2.24, 2.45) is 12.9 Å². The third kappa shape index (κ3) is 2.80. The van der Waals surface area contributed by atoms with Gasteiger partial charge < -0.3 is 0 Å². The maximum absolute atomic E-state index is 5.67. The van der Waals surface area contributed by atoms with Crippen molar-refractivity contribution < 1.29 is 0 Å². The van der Waals surface area contributed by atoms with E-state index in [9.17, 15) is 0 Å². The van der Waals surface area contributed by atoms with Crippen LogP contribution in [0, 0.1) is 13.8 Å². The molecule has 0 aliphatic rings. The molecule has 1 atom stereocenters. The van der Waals surface area contributed by atoms with Crippen LogP contribution < -0.4 is 11.3 Å². The van der Waals surface area contributed by atoms with Gasteiger partial charge in [-0.25, -0.2) is 0 Å². The Morgan fingerprint density at radius 2 is 2.22 bits per heavy atom. The number of nitrogens with two attached hydrogens (primary N) is 1. The van der Waals surface area contributed by atoms with Gasteiger partial charge in [-0.15, -0.1) is 11.3 Å². The monoisotopic (exact) mass is 264 g/mol. The van der Waals surface area contributed by atoms with Crippen molar-refractivity contribution in [3.05, 3.63) is 39.3 Å². The fourth-order valence-electron chi connectivity index (χ4n) is 2.22. The molecule has 0 saturated carbocycles. The van der Waals surface area contributed by atoms with Crippen LogP contribution in [0.25, 0.3) is 0 Å². The normalized spacial score (nSPS) is 12.9. The Hall–Kier alpha value is -1.17. The Morgan fingerprint density at radius 1 is 1.44 bits per heavy atom. The van der Waals surface area contributed by atoms with Crippen molar-refractivity contribution in [1.82, 2.24) is 15.2 Å². The maximum atomic E-state index is 5.67. The van der Waals surface area contributed by atoms with Gasteiger partial charge in [0.05, 0.1) is 5.69 Å². The van der Waals surface area contributed by atoms with E-state index in [1.165, 1.54) is 16.1 Å². The van der Waals surface area contributed by atoms with Gasteiger partial charge in [-0.3, -0.25) is 16.0 Å². The number of aryl methyl sites for hydroxylation is 2. The summed E-state index contributed by atoms with van der Waals surface area (Å²) in [5.41, 5.74) is 6.54. The van der Waals surface area contributed by atoms with Crippen LogP contribution in [0.3, 0.4) is 0 Å². The smallest absolute Gasteiger partial charge is 0.0628 e. The molecule has 1 unspecified atom stereocenters. The number of aromatic nitrogens is 2. The Morgan fingerprint density at radius 3 is 2.72 bits per heavy atom. The van der Waals surface area contributed by atoms with Crippen LogP contribution in [0.1, 0.15) is 21.8 Å². The van der Waals surface area contributed by atoms with Crippen molar-refractivity contribution >= 4 is 11.3 Å². The molecule has 98 valence electrons. The molecule has 2 heterocycles. The van der Waals surface area contributed by atoms with Crippen LogP contribution in [0.4, 0.5) is 0 Å². The first-order chi connectivity index (χ1) is 8.61. The molecule has 0 saturated heterocycles. The summed E-state index contributed by atoms with van der Waals surface area (Å²) in [4.78, 5) is 1.36.